The molecule has 0 amide bonds. The first-order chi connectivity index (χ1) is 5.27. The summed E-state index contributed by atoms with van der Waals surface area (Å²) >= 11 is 0. The monoisotopic (exact) mass is 151 g/mol. The molecule has 1 aliphatic heterocycles. The van der Waals surface area contributed by atoms with Crippen LogP contribution in [0.1, 0.15) is 19.8 Å². The van der Waals surface area contributed by atoms with E-state index in [4.69, 9.17) is 0 Å². The SMILES string of the molecule is CC(=O)/C(=C/C1CC1)C1CN1. The molecule has 1 heterocycles. The Bertz CT molecular complexity index is 212. The smallest absolute Gasteiger partial charge is 0.157 e. The number of hydrogen-bond acceptors (Lipinski definition) is 2. The van der Waals surface area contributed by atoms with Crippen LogP contribution in [0.3, 0.4) is 0 Å². The van der Waals surface area contributed by atoms with E-state index in [1.807, 2.05) is 0 Å². The molecule has 2 aliphatic rings. The molecule has 1 atom stereocenters. The van der Waals surface area contributed by atoms with Crippen LogP contribution in [-0.2, 0) is 4.79 Å². The average Bonchev–Trinajstić information content (AvgIpc) is 2.78. The lowest BCUT2D eigenvalue weighted by Crippen LogP contribution is -2.06. The Morgan fingerprint density at radius 2 is 2.18 bits per heavy atom. The fraction of sp³-hybridized carbons (Fsp3) is 0.667. The quantitative estimate of drug-likeness (QED) is 0.480. The largest absolute Gasteiger partial charge is 0.307 e. The van der Waals surface area contributed by atoms with Crippen molar-refractivity contribution in [2.45, 2.75) is 25.8 Å². The van der Waals surface area contributed by atoms with Crippen LogP contribution in [0.15, 0.2) is 11.6 Å². The van der Waals surface area contributed by atoms with E-state index in [2.05, 4.69) is 11.4 Å². The van der Waals surface area contributed by atoms with Crippen molar-refractivity contribution < 1.29 is 4.79 Å². The third-order valence-corrected chi connectivity index (χ3v) is 2.23. The zero-order valence-electron chi connectivity index (χ0n) is 6.76. The van der Waals surface area contributed by atoms with Gasteiger partial charge in [0.1, 0.15) is 0 Å². The van der Waals surface area contributed by atoms with Crippen molar-refractivity contribution in [3.05, 3.63) is 11.6 Å². The van der Waals surface area contributed by atoms with Gasteiger partial charge in [-0.15, -0.1) is 0 Å². The van der Waals surface area contributed by atoms with Gasteiger partial charge in [0.15, 0.2) is 5.78 Å². The summed E-state index contributed by atoms with van der Waals surface area (Å²) in [6.45, 7) is 2.66. The van der Waals surface area contributed by atoms with Crippen LogP contribution in [0.25, 0.3) is 0 Å². The summed E-state index contributed by atoms with van der Waals surface area (Å²) in [5.41, 5.74) is 1.02. The highest BCUT2D eigenvalue weighted by atomic mass is 16.1. The molecule has 0 aromatic carbocycles. The summed E-state index contributed by atoms with van der Waals surface area (Å²) in [6, 6.07) is 0.396. The molecule has 0 aromatic heterocycles. The topological polar surface area (TPSA) is 39.0 Å². The van der Waals surface area contributed by atoms with Gasteiger partial charge in [-0.3, -0.25) is 4.79 Å². The summed E-state index contributed by atoms with van der Waals surface area (Å²) in [4.78, 5) is 11.1. The van der Waals surface area contributed by atoms with Crippen molar-refractivity contribution in [1.29, 1.82) is 0 Å². The second-order valence-corrected chi connectivity index (χ2v) is 3.48. The molecular formula is C9H13NO. The number of Topliss-reactive ketones (excluding diaryl/α,β-unsaturated/α-hetero) is 1. The van der Waals surface area contributed by atoms with Gasteiger partial charge in [-0.1, -0.05) is 6.08 Å². The van der Waals surface area contributed by atoms with Crippen molar-refractivity contribution >= 4 is 5.78 Å². The highest BCUT2D eigenvalue weighted by Crippen LogP contribution is 2.32. The van der Waals surface area contributed by atoms with Gasteiger partial charge in [0.05, 0.1) is 0 Å². The Balaban J connectivity index is 2.06. The lowest BCUT2D eigenvalue weighted by atomic mass is 10.1. The molecule has 1 unspecified atom stereocenters. The van der Waals surface area contributed by atoms with E-state index >= 15 is 0 Å². The van der Waals surface area contributed by atoms with Crippen molar-refractivity contribution in [3.8, 4) is 0 Å². The third kappa shape index (κ3) is 1.69. The van der Waals surface area contributed by atoms with Crippen molar-refractivity contribution in [2.24, 2.45) is 5.92 Å². The normalized spacial score (nSPS) is 30.3. The fourth-order valence-corrected chi connectivity index (χ4v) is 1.27. The zero-order valence-corrected chi connectivity index (χ0v) is 6.76. The molecular weight excluding hydrogens is 138 g/mol. The van der Waals surface area contributed by atoms with E-state index in [9.17, 15) is 4.79 Å². The Morgan fingerprint density at radius 1 is 1.55 bits per heavy atom. The zero-order chi connectivity index (χ0) is 7.84. The average molecular weight is 151 g/mol. The maximum absolute atomic E-state index is 11.1. The van der Waals surface area contributed by atoms with Gasteiger partial charge in [0.25, 0.3) is 0 Å². The standard InChI is InChI=1S/C9H13NO/c1-6(11)8(9-5-10-9)4-7-2-3-7/h4,7,9-10H,2-3,5H2,1H3/b8-4-. The predicted octanol–water partition coefficient (Wildman–Crippen LogP) is 0.884. The Hall–Kier alpha value is -0.630. The second kappa shape index (κ2) is 2.45. The van der Waals surface area contributed by atoms with E-state index in [0.717, 1.165) is 18.0 Å². The molecule has 60 valence electrons. The number of allylic oxidation sites excluding steroid dienone is 1. The Kier molecular flexibility index (Phi) is 1.57. The number of nitrogens with one attached hydrogen (secondary N) is 1. The minimum absolute atomic E-state index is 0.243. The van der Waals surface area contributed by atoms with Crippen LogP contribution in [0.5, 0.6) is 0 Å². The minimum atomic E-state index is 0.243. The van der Waals surface area contributed by atoms with Crippen LogP contribution >= 0.6 is 0 Å². The van der Waals surface area contributed by atoms with E-state index < -0.39 is 0 Å². The molecule has 1 saturated heterocycles. The molecule has 1 N–H and O–H groups in total. The lowest BCUT2D eigenvalue weighted by Gasteiger charge is -1.97. The van der Waals surface area contributed by atoms with Gasteiger partial charge in [-0.2, -0.15) is 0 Å². The number of hydrogen-bond donors (Lipinski definition) is 1. The van der Waals surface area contributed by atoms with Gasteiger partial charge in [0, 0.05) is 18.2 Å². The summed E-state index contributed by atoms with van der Waals surface area (Å²) in [7, 11) is 0. The lowest BCUT2D eigenvalue weighted by molar-refractivity contribution is -0.113. The number of carbonyl (C=O) groups is 1. The van der Waals surface area contributed by atoms with Crippen LogP contribution in [-0.4, -0.2) is 18.4 Å². The Morgan fingerprint density at radius 3 is 2.55 bits per heavy atom. The molecule has 2 fully saturated rings. The first-order valence-electron chi connectivity index (χ1n) is 4.23. The molecule has 0 spiro atoms. The summed E-state index contributed by atoms with van der Waals surface area (Å²) < 4.78 is 0. The minimum Gasteiger partial charge on any atom is -0.307 e. The fourth-order valence-electron chi connectivity index (χ4n) is 1.27. The van der Waals surface area contributed by atoms with Crippen molar-refractivity contribution in [2.75, 3.05) is 6.54 Å². The number of carbonyl (C=O) groups excluding carboxylic acids is 1. The van der Waals surface area contributed by atoms with Gasteiger partial charge in [-0.05, 0) is 25.7 Å². The maximum atomic E-state index is 11.1. The number of ketones is 1. The highest BCUT2D eigenvalue weighted by molar-refractivity contribution is 5.95. The summed E-state index contributed by atoms with van der Waals surface area (Å²) in [6.07, 6.45) is 4.72. The van der Waals surface area contributed by atoms with E-state index in [-0.39, 0.29) is 5.78 Å². The number of rotatable bonds is 3. The van der Waals surface area contributed by atoms with Gasteiger partial charge < -0.3 is 5.32 Å². The second-order valence-electron chi connectivity index (χ2n) is 3.48. The van der Waals surface area contributed by atoms with Gasteiger partial charge in [-0.25, -0.2) is 0 Å². The predicted molar refractivity (Wildman–Crippen MR) is 43.3 cm³/mol. The van der Waals surface area contributed by atoms with Crippen LogP contribution < -0.4 is 5.32 Å². The third-order valence-electron chi connectivity index (χ3n) is 2.23. The molecule has 0 aromatic rings. The van der Waals surface area contributed by atoms with Crippen LogP contribution in [0.4, 0.5) is 0 Å². The molecule has 1 saturated carbocycles. The molecule has 0 radical (unpaired) electrons. The van der Waals surface area contributed by atoms with Crippen molar-refractivity contribution in [1.82, 2.24) is 5.32 Å². The van der Waals surface area contributed by atoms with E-state index in [0.29, 0.717) is 6.04 Å². The van der Waals surface area contributed by atoms with Crippen LogP contribution in [0, 0.1) is 5.92 Å². The molecule has 11 heavy (non-hydrogen) atoms. The van der Waals surface area contributed by atoms with E-state index in [1.54, 1.807) is 6.92 Å². The molecule has 2 heteroatoms. The first-order valence-corrected chi connectivity index (χ1v) is 4.23. The van der Waals surface area contributed by atoms with Crippen LogP contribution in [0.2, 0.25) is 0 Å². The molecule has 2 nitrogen and oxygen atoms in total. The van der Waals surface area contributed by atoms with Gasteiger partial charge >= 0.3 is 0 Å². The van der Waals surface area contributed by atoms with Gasteiger partial charge in [0.2, 0.25) is 0 Å². The molecule has 1 aliphatic carbocycles. The molecule has 0 bridgehead atoms. The van der Waals surface area contributed by atoms with Crippen molar-refractivity contribution in [3.63, 3.8) is 0 Å². The Labute approximate surface area is 66.7 Å². The summed E-state index contributed by atoms with van der Waals surface area (Å²) in [5, 5.41) is 3.16. The van der Waals surface area contributed by atoms with E-state index in [1.165, 1.54) is 12.8 Å². The summed E-state index contributed by atoms with van der Waals surface area (Å²) in [5.74, 6) is 0.961. The molecule has 2 rings (SSSR count). The highest BCUT2D eigenvalue weighted by Gasteiger charge is 2.30. The maximum Gasteiger partial charge on any atom is 0.157 e. The first kappa shape index (κ1) is 7.04.